The van der Waals surface area contributed by atoms with Crippen LogP contribution in [0.5, 0.6) is 0 Å². The maximum absolute atomic E-state index is 2.49. The molecule has 0 bridgehead atoms. The molecule has 23 heavy (non-hydrogen) atoms. The van der Waals surface area contributed by atoms with Crippen LogP contribution in [0.25, 0.3) is 12.2 Å². The van der Waals surface area contributed by atoms with Gasteiger partial charge in [0.25, 0.3) is 0 Å². The molecule has 0 saturated heterocycles. The number of fused-ring (bicyclic) bond motifs is 2. The average Bonchev–Trinajstić information content (AvgIpc) is 3.18. The van der Waals surface area contributed by atoms with Crippen LogP contribution in [0.2, 0.25) is 3.63 Å². The Morgan fingerprint density at radius 1 is 0.870 bits per heavy atom. The van der Waals surface area contributed by atoms with Crippen molar-refractivity contribution in [2.24, 2.45) is 0 Å². The predicted octanol–water partition coefficient (Wildman–Crippen LogP) is 6.24. The number of benzene rings is 2. The van der Waals surface area contributed by atoms with E-state index in [0.717, 1.165) is 7.25 Å². The Morgan fingerprint density at radius 3 is 2.35 bits per heavy atom. The summed E-state index contributed by atoms with van der Waals surface area (Å²) in [5.74, 6) is 0.652. The fourth-order valence-corrected chi connectivity index (χ4v) is 7.71. The fourth-order valence-electron chi connectivity index (χ4n) is 3.79. The van der Waals surface area contributed by atoms with Crippen LogP contribution in [0.15, 0.2) is 60.7 Å². The van der Waals surface area contributed by atoms with E-state index in [1.807, 2.05) is 0 Å². The van der Waals surface area contributed by atoms with Gasteiger partial charge in [0.2, 0.25) is 0 Å². The maximum atomic E-state index is 2.49. The third kappa shape index (κ3) is 3.22. The molecule has 0 nitrogen and oxygen atoms in total. The Balaban J connectivity index is 1.35. The molecule has 2 aromatic carbocycles. The van der Waals surface area contributed by atoms with Gasteiger partial charge in [-0.3, -0.25) is 0 Å². The summed E-state index contributed by atoms with van der Waals surface area (Å²) in [4.78, 5) is 0. The van der Waals surface area contributed by atoms with Crippen molar-refractivity contribution in [3.8, 4) is 0 Å². The van der Waals surface area contributed by atoms with Gasteiger partial charge in [-0.25, -0.2) is 0 Å². The van der Waals surface area contributed by atoms with Crippen LogP contribution in [0.1, 0.15) is 51.6 Å². The molecule has 114 valence electrons. The Bertz CT molecular complexity index is 756. The molecule has 0 saturated carbocycles. The minimum atomic E-state index is -0.432. The van der Waals surface area contributed by atoms with Gasteiger partial charge in [-0.15, -0.1) is 0 Å². The molecule has 4 rings (SSSR count). The number of rotatable bonds is 5. The minimum absolute atomic E-state index is 0.432. The molecule has 0 amide bonds. The van der Waals surface area contributed by atoms with Crippen molar-refractivity contribution >= 4 is 12.2 Å². The molecule has 0 fully saturated rings. The predicted molar refractivity (Wildman–Crippen MR) is 95.1 cm³/mol. The zero-order chi connectivity index (χ0) is 15.6. The van der Waals surface area contributed by atoms with E-state index in [-0.39, 0.29) is 0 Å². The summed E-state index contributed by atoms with van der Waals surface area (Å²) < 4.78 is 1.72. The van der Waals surface area contributed by atoms with Crippen molar-refractivity contribution < 1.29 is 23.2 Å². The average molecular weight is 378 g/mol. The van der Waals surface area contributed by atoms with Crippen molar-refractivity contribution in [3.63, 3.8) is 0 Å². The van der Waals surface area contributed by atoms with E-state index in [1.54, 1.807) is 5.56 Å². The molecule has 2 aliphatic carbocycles. The van der Waals surface area contributed by atoms with Crippen LogP contribution >= 0.6 is 0 Å². The van der Waals surface area contributed by atoms with Crippen LogP contribution in [-0.4, -0.2) is 0 Å². The van der Waals surface area contributed by atoms with Crippen molar-refractivity contribution in [1.82, 2.24) is 0 Å². The molecule has 2 aromatic rings. The molecule has 3 atom stereocenters. The van der Waals surface area contributed by atoms with Gasteiger partial charge in [0, 0.05) is 0 Å². The molecule has 0 aromatic heterocycles. The van der Waals surface area contributed by atoms with Crippen LogP contribution in [-0.2, 0) is 23.2 Å². The first-order chi connectivity index (χ1) is 11.3. The summed E-state index contributed by atoms with van der Waals surface area (Å²) in [5.41, 5.74) is 6.02. The van der Waals surface area contributed by atoms with Gasteiger partial charge in [0.1, 0.15) is 0 Å². The molecule has 2 aliphatic rings. The fraction of sp³-hybridized carbons (Fsp3) is 0.273. The quantitative estimate of drug-likeness (QED) is 0.579. The van der Waals surface area contributed by atoms with Gasteiger partial charge in [-0.1, -0.05) is 0 Å². The number of allylic oxidation sites excluding steroid dienone is 2. The van der Waals surface area contributed by atoms with Gasteiger partial charge in [0.15, 0.2) is 0 Å². The van der Waals surface area contributed by atoms with Crippen LogP contribution in [0.3, 0.4) is 0 Å². The van der Waals surface area contributed by atoms with Crippen molar-refractivity contribution in [3.05, 3.63) is 82.9 Å². The molecule has 3 unspecified atom stereocenters. The van der Waals surface area contributed by atoms with E-state index >= 15 is 0 Å². The summed E-state index contributed by atoms with van der Waals surface area (Å²) >= 11 is -0.432. The van der Waals surface area contributed by atoms with Crippen molar-refractivity contribution in [2.75, 3.05) is 0 Å². The SMILES string of the molecule is C[CH](CCC1C=Cc2ccccc21)[Zr][CH]1C=Cc2ccccc21. The first kappa shape index (κ1) is 15.3. The van der Waals surface area contributed by atoms with E-state index in [2.05, 4.69) is 79.8 Å². The van der Waals surface area contributed by atoms with E-state index in [0.29, 0.717) is 5.92 Å². The molecule has 0 spiro atoms. The molecule has 0 N–H and O–H groups in total. The zero-order valence-corrected chi connectivity index (χ0v) is 16.0. The Labute approximate surface area is 150 Å². The van der Waals surface area contributed by atoms with E-state index in [9.17, 15) is 0 Å². The molecular weight excluding hydrogens is 355 g/mol. The third-order valence-corrected chi connectivity index (χ3v) is 9.31. The Kier molecular flexibility index (Phi) is 4.49. The molecule has 1 heteroatoms. The molecule has 0 radical (unpaired) electrons. The summed E-state index contributed by atoms with van der Waals surface area (Å²) in [5, 5.41) is 0. The van der Waals surface area contributed by atoms with E-state index in [1.165, 1.54) is 29.5 Å². The second-order valence-electron chi connectivity index (χ2n) is 6.71. The van der Waals surface area contributed by atoms with E-state index in [4.69, 9.17) is 0 Å². The summed E-state index contributed by atoms with van der Waals surface area (Å²) in [7, 11) is 0. The second kappa shape index (κ2) is 6.74. The molecule has 0 aliphatic heterocycles. The number of hydrogen-bond acceptors (Lipinski definition) is 0. The standard InChI is InChI=1S/C13H15.C9H7.Zr/c1-2-3-6-11-9-10-12-7-4-5-8-13(11)12;1-2-5-9-7-3-6-8(9)4-1;/h2,4-5,7-11H,3,6H2,1H3;1-7H;. The monoisotopic (exact) mass is 376 g/mol. The Hall–Kier alpha value is -1.20. The first-order valence-corrected chi connectivity index (χ1v) is 11.5. The van der Waals surface area contributed by atoms with Crippen LogP contribution in [0.4, 0.5) is 0 Å². The van der Waals surface area contributed by atoms with Gasteiger partial charge < -0.3 is 0 Å². The topological polar surface area (TPSA) is 0 Å². The van der Waals surface area contributed by atoms with Gasteiger partial charge in [0.05, 0.1) is 0 Å². The summed E-state index contributed by atoms with van der Waals surface area (Å²) in [6.07, 6.45) is 12.2. The zero-order valence-electron chi connectivity index (χ0n) is 13.6. The first-order valence-electron chi connectivity index (χ1n) is 8.61. The van der Waals surface area contributed by atoms with E-state index < -0.39 is 23.2 Å². The Morgan fingerprint density at radius 2 is 1.52 bits per heavy atom. The van der Waals surface area contributed by atoms with Crippen LogP contribution < -0.4 is 0 Å². The van der Waals surface area contributed by atoms with Gasteiger partial charge in [-0.05, 0) is 0 Å². The van der Waals surface area contributed by atoms with Crippen molar-refractivity contribution in [2.45, 2.75) is 32.9 Å². The van der Waals surface area contributed by atoms with Gasteiger partial charge >= 0.3 is 151 Å². The molecule has 0 heterocycles. The molecular formula is C22H22Zr. The summed E-state index contributed by atoms with van der Waals surface area (Å²) in [6.45, 7) is 2.49. The van der Waals surface area contributed by atoms with Crippen molar-refractivity contribution in [1.29, 1.82) is 0 Å². The third-order valence-electron chi connectivity index (χ3n) is 5.08. The van der Waals surface area contributed by atoms with Crippen LogP contribution in [0, 0.1) is 0 Å². The van der Waals surface area contributed by atoms with Gasteiger partial charge in [-0.2, -0.15) is 0 Å². The normalized spacial score (nSPS) is 22.0. The summed E-state index contributed by atoms with van der Waals surface area (Å²) in [6, 6.07) is 17.8. The second-order valence-corrected chi connectivity index (χ2v) is 11.5. The number of hydrogen-bond donors (Lipinski definition) is 0.